The van der Waals surface area contributed by atoms with Gasteiger partial charge in [0.15, 0.2) is 0 Å². The zero-order chi connectivity index (χ0) is 16.4. The number of nitrogens with two attached hydrogens (primary N) is 1. The first kappa shape index (κ1) is 20.3. The smallest absolute Gasteiger partial charge is 0.314 e. The van der Waals surface area contributed by atoms with E-state index in [2.05, 4.69) is 19.2 Å². The van der Waals surface area contributed by atoms with Crippen molar-refractivity contribution in [2.45, 2.75) is 64.3 Å². The summed E-state index contributed by atoms with van der Waals surface area (Å²) in [4.78, 5) is 25.5. The summed E-state index contributed by atoms with van der Waals surface area (Å²) >= 11 is 0. The van der Waals surface area contributed by atoms with E-state index < -0.39 is 8.25 Å². The molecule has 1 amide bonds. The molecule has 0 unspecified atom stereocenters. The Balaban J connectivity index is 0.000000885. The monoisotopic (exact) mass is 322 g/mol. The standard InChI is InChI=1S/C13H24N2O2.H3O3P/c1-4-10(5-2)17-12-8-6-7-11(14)13(12)15-9(3)16;1-4(2)3/h6,8,10-13H,4-5,7,14H2,1-3H3,(H,15,16);4H,(H2,1,2,3)/t11-,12+,13+;/m0./s1. The van der Waals surface area contributed by atoms with Crippen molar-refractivity contribution in [1.29, 1.82) is 0 Å². The molecule has 0 spiro atoms. The molecule has 0 aliphatic heterocycles. The van der Waals surface area contributed by atoms with E-state index in [4.69, 9.17) is 24.8 Å². The molecule has 0 aromatic carbocycles. The molecule has 7 nitrogen and oxygen atoms in total. The lowest BCUT2D eigenvalue weighted by molar-refractivity contribution is -0.121. The van der Waals surface area contributed by atoms with Gasteiger partial charge in [0.25, 0.3) is 0 Å². The summed E-state index contributed by atoms with van der Waals surface area (Å²) in [5.74, 6) is -0.0566. The minimum absolute atomic E-state index is 0.0566. The van der Waals surface area contributed by atoms with Crippen LogP contribution in [0.15, 0.2) is 12.2 Å². The van der Waals surface area contributed by atoms with Crippen LogP contribution in [0.2, 0.25) is 0 Å². The molecule has 0 fully saturated rings. The lowest BCUT2D eigenvalue weighted by Crippen LogP contribution is -2.55. The van der Waals surface area contributed by atoms with Gasteiger partial charge in [0.1, 0.15) is 0 Å². The highest BCUT2D eigenvalue weighted by Crippen LogP contribution is 2.18. The van der Waals surface area contributed by atoms with E-state index in [1.165, 1.54) is 6.92 Å². The van der Waals surface area contributed by atoms with Crippen LogP contribution in [-0.4, -0.2) is 40.0 Å². The van der Waals surface area contributed by atoms with E-state index in [9.17, 15) is 4.79 Å². The van der Waals surface area contributed by atoms with Crippen LogP contribution >= 0.6 is 8.25 Å². The van der Waals surface area contributed by atoms with Crippen LogP contribution in [0.25, 0.3) is 0 Å². The van der Waals surface area contributed by atoms with Gasteiger partial charge in [-0.3, -0.25) is 9.36 Å². The molecule has 124 valence electrons. The number of nitrogens with one attached hydrogen (secondary N) is 1. The summed E-state index contributed by atoms with van der Waals surface area (Å²) in [7, 11) is -3.13. The van der Waals surface area contributed by atoms with E-state index in [1.807, 2.05) is 12.2 Å². The topological polar surface area (TPSA) is 122 Å². The maximum Gasteiger partial charge on any atom is 0.314 e. The van der Waals surface area contributed by atoms with Crippen molar-refractivity contribution in [3.05, 3.63) is 12.2 Å². The molecule has 3 atom stereocenters. The summed E-state index contributed by atoms with van der Waals surface area (Å²) in [6.07, 6.45) is 6.91. The second-order valence-electron chi connectivity index (χ2n) is 4.88. The van der Waals surface area contributed by atoms with E-state index in [-0.39, 0.29) is 30.2 Å². The molecule has 1 aliphatic rings. The maximum absolute atomic E-state index is 11.2. The molecule has 0 aromatic heterocycles. The number of hydrogen-bond donors (Lipinski definition) is 4. The van der Waals surface area contributed by atoms with Gasteiger partial charge < -0.3 is 25.6 Å². The Labute approximate surface area is 126 Å². The fourth-order valence-corrected chi connectivity index (χ4v) is 2.14. The summed E-state index contributed by atoms with van der Waals surface area (Å²) < 4.78 is 14.7. The first-order valence-electron chi connectivity index (χ1n) is 7.08. The Bertz CT molecular complexity index is 356. The van der Waals surface area contributed by atoms with E-state index in [1.54, 1.807) is 0 Å². The van der Waals surface area contributed by atoms with Gasteiger partial charge >= 0.3 is 8.25 Å². The summed E-state index contributed by atoms with van der Waals surface area (Å²) in [6, 6.07) is -0.179. The predicted molar refractivity (Wildman–Crippen MR) is 82.0 cm³/mol. The van der Waals surface area contributed by atoms with Crippen LogP contribution in [0, 0.1) is 0 Å². The van der Waals surface area contributed by atoms with Gasteiger partial charge in [0.05, 0.1) is 18.2 Å². The van der Waals surface area contributed by atoms with E-state index in [0.717, 1.165) is 19.3 Å². The van der Waals surface area contributed by atoms with E-state index in [0.29, 0.717) is 0 Å². The molecule has 0 bridgehead atoms. The van der Waals surface area contributed by atoms with Crippen LogP contribution in [0.4, 0.5) is 0 Å². The number of amides is 1. The maximum atomic E-state index is 11.2. The van der Waals surface area contributed by atoms with Crippen molar-refractivity contribution in [2.24, 2.45) is 5.73 Å². The number of ether oxygens (including phenoxy) is 1. The van der Waals surface area contributed by atoms with Crippen molar-refractivity contribution < 1.29 is 23.9 Å². The Morgan fingerprint density at radius 2 is 2.00 bits per heavy atom. The zero-order valence-electron chi connectivity index (χ0n) is 12.8. The molecule has 0 heterocycles. The van der Waals surface area contributed by atoms with Crippen LogP contribution in [-0.2, 0) is 14.1 Å². The molecular formula is C13H27N2O5P. The average molecular weight is 322 g/mol. The fraction of sp³-hybridized carbons (Fsp3) is 0.769. The average Bonchev–Trinajstić information content (AvgIpc) is 2.38. The third-order valence-corrected chi connectivity index (χ3v) is 3.18. The zero-order valence-corrected chi connectivity index (χ0v) is 13.8. The van der Waals surface area contributed by atoms with Crippen LogP contribution in [0.1, 0.15) is 40.0 Å². The summed E-state index contributed by atoms with van der Waals surface area (Å²) in [6.45, 7) is 5.72. The number of carbonyl (C=O) groups is 1. The van der Waals surface area contributed by atoms with Gasteiger partial charge in [-0.15, -0.1) is 0 Å². The number of carbonyl (C=O) groups excluding carboxylic acids is 1. The van der Waals surface area contributed by atoms with Gasteiger partial charge in [-0.2, -0.15) is 0 Å². The van der Waals surface area contributed by atoms with E-state index >= 15 is 0 Å². The molecule has 0 aromatic rings. The quantitative estimate of drug-likeness (QED) is 0.437. The number of hydrogen-bond acceptors (Lipinski definition) is 4. The molecule has 1 aliphatic carbocycles. The first-order chi connectivity index (χ1) is 9.81. The third-order valence-electron chi connectivity index (χ3n) is 3.18. The van der Waals surface area contributed by atoms with Crippen LogP contribution < -0.4 is 11.1 Å². The lowest BCUT2D eigenvalue weighted by Gasteiger charge is -2.35. The minimum atomic E-state index is -3.13. The molecule has 0 saturated carbocycles. The third kappa shape index (κ3) is 9.01. The summed E-state index contributed by atoms with van der Waals surface area (Å²) in [5.41, 5.74) is 6.03. The molecule has 0 saturated heterocycles. The lowest BCUT2D eigenvalue weighted by atomic mass is 9.93. The Kier molecular flexibility index (Phi) is 10.6. The molecule has 8 heteroatoms. The molecular weight excluding hydrogens is 295 g/mol. The second-order valence-corrected chi connectivity index (χ2v) is 5.44. The fourth-order valence-electron chi connectivity index (χ4n) is 2.14. The molecule has 21 heavy (non-hydrogen) atoms. The van der Waals surface area contributed by atoms with Gasteiger partial charge in [-0.1, -0.05) is 26.0 Å². The van der Waals surface area contributed by atoms with Crippen molar-refractivity contribution in [2.75, 3.05) is 0 Å². The number of rotatable bonds is 5. The Morgan fingerprint density at radius 3 is 2.43 bits per heavy atom. The normalized spacial score (nSPS) is 24.7. The highest BCUT2D eigenvalue weighted by Gasteiger charge is 2.30. The van der Waals surface area contributed by atoms with Gasteiger partial charge in [0, 0.05) is 13.0 Å². The van der Waals surface area contributed by atoms with Crippen molar-refractivity contribution in [3.8, 4) is 0 Å². The molecule has 1 rings (SSSR count). The SMILES string of the molecule is CCC(CC)O[C@@H]1C=CC[C@H](N)[C@H]1NC(C)=O.O=[PH](O)O. The van der Waals surface area contributed by atoms with Gasteiger partial charge in [0.2, 0.25) is 5.91 Å². The highest BCUT2D eigenvalue weighted by molar-refractivity contribution is 7.30. The van der Waals surface area contributed by atoms with Gasteiger partial charge in [-0.25, -0.2) is 0 Å². The second kappa shape index (κ2) is 10.9. The van der Waals surface area contributed by atoms with Crippen LogP contribution in [0.3, 0.4) is 0 Å². The van der Waals surface area contributed by atoms with Crippen LogP contribution in [0.5, 0.6) is 0 Å². The van der Waals surface area contributed by atoms with Crippen molar-refractivity contribution >= 4 is 14.2 Å². The van der Waals surface area contributed by atoms with Gasteiger partial charge in [-0.05, 0) is 19.3 Å². The summed E-state index contributed by atoms with van der Waals surface area (Å²) in [5, 5.41) is 2.89. The minimum Gasteiger partial charge on any atom is -0.369 e. The first-order valence-corrected chi connectivity index (χ1v) is 8.38. The molecule has 5 N–H and O–H groups in total. The Hall–Kier alpha value is -0.720. The Morgan fingerprint density at radius 1 is 1.48 bits per heavy atom. The molecule has 0 radical (unpaired) electrons. The van der Waals surface area contributed by atoms with Crippen molar-refractivity contribution in [1.82, 2.24) is 5.32 Å². The largest absolute Gasteiger partial charge is 0.369 e. The highest BCUT2D eigenvalue weighted by atomic mass is 31.1. The van der Waals surface area contributed by atoms with Crippen molar-refractivity contribution in [3.63, 3.8) is 0 Å². The predicted octanol–water partition coefficient (Wildman–Crippen LogP) is 0.713.